The van der Waals surface area contributed by atoms with Crippen molar-refractivity contribution < 1.29 is 23.8 Å². The van der Waals surface area contributed by atoms with Gasteiger partial charge >= 0.3 is 5.97 Å². The third kappa shape index (κ3) is 5.97. The second-order valence-corrected chi connectivity index (χ2v) is 7.48. The van der Waals surface area contributed by atoms with Gasteiger partial charge in [0.05, 0.1) is 12.9 Å². The van der Waals surface area contributed by atoms with Crippen molar-refractivity contribution in [1.29, 1.82) is 0 Å². The molecule has 0 aliphatic carbocycles. The van der Waals surface area contributed by atoms with E-state index in [2.05, 4.69) is 10.2 Å². The number of nitrogens with one attached hydrogen (secondary N) is 1. The molecule has 1 amide bonds. The number of amides is 1. The largest absolute Gasteiger partial charge is 0.493 e. The number of benzene rings is 1. The number of carbonyl (C=O) groups is 2. The van der Waals surface area contributed by atoms with Crippen LogP contribution in [-0.2, 0) is 11.3 Å². The van der Waals surface area contributed by atoms with E-state index in [1.165, 1.54) is 0 Å². The number of nitrogens with zero attached hydrogens (tertiary/aromatic N) is 2. The molecule has 3 rings (SSSR count). The third-order valence-corrected chi connectivity index (χ3v) is 4.82. The lowest BCUT2D eigenvalue weighted by Crippen LogP contribution is -2.36. The number of rotatable bonds is 11. The van der Waals surface area contributed by atoms with Gasteiger partial charge in [-0.15, -0.1) is 0 Å². The first-order valence-corrected chi connectivity index (χ1v) is 10.3. The highest BCUT2D eigenvalue weighted by Gasteiger charge is 2.23. The van der Waals surface area contributed by atoms with Crippen LogP contribution < -0.4 is 4.74 Å². The zero-order chi connectivity index (χ0) is 22.2. The number of unbranched alkanes of at least 4 members (excludes halogenated alkanes) is 1. The molecule has 2 N–H and O–H groups in total. The van der Waals surface area contributed by atoms with E-state index in [0.717, 1.165) is 5.56 Å². The highest BCUT2D eigenvalue weighted by Crippen LogP contribution is 2.24. The number of carbonyl (C=O) groups excluding carboxylic acids is 1. The minimum Gasteiger partial charge on any atom is -0.493 e. The molecule has 31 heavy (non-hydrogen) atoms. The van der Waals surface area contributed by atoms with Crippen molar-refractivity contribution in [3.8, 4) is 17.2 Å². The Morgan fingerprint density at radius 3 is 2.71 bits per heavy atom. The van der Waals surface area contributed by atoms with Gasteiger partial charge in [-0.05, 0) is 44.9 Å². The van der Waals surface area contributed by atoms with E-state index < -0.39 is 5.97 Å². The Morgan fingerprint density at radius 2 is 2.00 bits per heavy atom. The number of aromatic amines is 1. The summed E-state index contributed by atoms with van der Waals surface area (Å²) in [4.78, 5) is 25.5. The van der Waals surface area contributed by atoms with Gasteiger partial charge in [0.2, 0.25) is 0 Å². The maximum absolute atomic E-state index is 13.2. The van der Waals surface area contributed by atoms with E-state index in [9.17, 15) is 9.59 Å². The summed E-state index contributed by atoms with van der Waals surface area (Å²) in [5.41, 5.74) is 1.83. The quantitative estimate of drug-likeness (QED) is 0.442. The van der Waals surface area contributed by atoms with Gasteiger partial charge in [-0.25, -0.2) is 0 Å². The standard InChI is InChI=1S/C23H27N3O5/c1-16(2)26(23(29)19-14-18(24-25-19)21-10-7-13-31-21)15-17-8-3-4-9-20(17)30-12-6-5-11-22(27)28/h3-4,7-10,13-14,16H,5-6,11-12,15H2,1-2H3,(H,24,25)(H,27,28). The highest BCUT2D eigenvalue weighted by atomic mass is 16.5. The fourth-order valence-corrected chi connectivity index (χ4v) is 3.14. The zero-order valence-corrected chi connectivity index (χ0v) is 17.7. The van der Waals surface area contributed by atoms with Crippen LogP contribution in [0.5, 0.6) is 5.75 Å². The second kappa shape index (κ2) is 10.5. The first-order chi connectivity index (χ1) is 15.0. The van der Waals surface area contributed by atoms with Crippen molar-refractivity contribution >= 4 is 11.9 Å². The Labute approximate surface area is 180 Å². The van der Waals surface area contributed by atoms with Crippen LogP contribution in [0.2, 0.25) is 0 Å². The fraction of sp³-hybridized carbons (Fsp3) is 0.348. The summed E-state index contributed by atoms with van der Waals surface area (Å²) in [6.45, 7) is 4.69. The van der Waals surface area contributed by atoms with E-state index in [4.69, 9.17) is 14.3 Å². The van der Waals surface area contributed by atoms with Crippen molar-refractivity contribution in [2.24, 2.45) is 0 Å². The summed E-state index contributed by atoms with van der Waals surface area (Å²) < 4.78 is 11.2. The molecule has 2 aromatic heterocycles. The maximum atomic E-state index is 13.2. The van der Waals surface area contributed by atoms with Crippen molar-refractivity contribution in [3.63, 3.8) is 0 Å². The average molecular weight is 425 g/mol. The Hall–Kier alpha value is -3.55. The number of furan rings is 1. The van der Waals surface area contributed by atoms with Gasteiger partial charge < -0.3 is 19.2 Å². The minimum atomic E-state index is -0.806. The maximum Gasteiger partial charge on any atom is 0.303 e. The van der Waals surface area contributed by atoms with Crippen LogP contribution in [0, 0.1) is 0 Å². The summed E-state index contributed by atoms with van der Waals surface area (Å²) in [6, 6.07) is 12.8. The molecule has 2 heterocycles. The number of ether oxygens (including phenoxy) is 1. The second-order valence-electron chi connectivity index (χ2n) is 7.48. The van der Waals surface area contributed by atoms with E-state index in [1.807, 2.05) is 38.1 Å². The number of para-hydroxylation sites is 1. The molecule has 3 aromatic rings. The Balaban J connectivity index is 1.69. The SMILES string of the molecule is CC(C)N(Cc1ccccc1OCCCCC(=O)O)C(=O)c1cc(-c2ccco2)[nH]n1. The zero-order valence-electron chi connectivity index (χ0n) is 17.7. The predicted molar refractivity (Wildman–Crippen MR) is 115 cm³/mol. The number of hydrogen-bond donors (Lipinski definition) is 2. The molecule has 0 radical (unpaired) electrons. The summed E-state index contributed by atoms with van der Waals surface area (Å²) in [7, 11) is 0. The summed E-state index contributed by atoms with van der Waals surface area (Å²) >= 11 is 0. The number of aliphatic carboxylic acids is 1. The van der Waals surface area contributed by atoms with Gasteiger partial charge in [0.1, 0.15) is 11.4 Å². The number of aromatic nitrogens is 2. The third-order valence-electron chi connectivity index (χ3n) is 4.82. The van der Waals surface area contributed by atoms with Crippen LogP contribution in [0.4, 0.5) is 0 Å². The topological polar surface area (TPSA) is 109 Å². The van der Waals surface area contributed by atoms with Crippen molar-refractivity contribution in [2.75, 3.05) is 6.61 Å². The summed E-state index contributed by atoms with van der Waals surface area (Å²) in [6.07, 6.45) is 2.91. The first-order valence-electron chi connectivity index (χ1n) is 10.3. The van der Waals surface area contributed by atoms with E-state index in [1.54, 1.807) is 29.4 Å². The number of carboxylic acid groups (broad SMARTS) is 1. The minimum absolute atomic E-state index is 0.0557. The molecule has 0 aliphatic heterocycles. The average Bonchev–Trinajstić information content (AvgIpc) is 3.43. The van der Waals surface area contributed by atoms with E-state index in [-0.39, 0.29) is 18.4 Å². The van der Waals surface area contributed by atoms with Crippen LogP contribution in [0.1, 0.15) is 49.2 Å². The number of hydrogen-bond acceptors (Lipinski definition) is 5. The lowest BCUT2D eigenvalue weighted by molar-refractivity contribution is -0.137. The lowest BCUT2D eigenvalue weighted by Gasteiger charge is -2.27. The fourth-order valence-electron chi connectivity index (χ4n) is 3.14. The molecule has 0 aliphatic rings. The molecule has 8 nitrogen and oxygen atoms in total. The first kappa shape index (κ1) is 22.1. The Kier molecular flexibility index (Phi) is 7.48. The van der Waals surface area contributed by atoms with Gasteiger partial charge in [0.25, 0.3) is 5.91 Å². The van der Waals surface area contributed by atoms with Crippen LogP contribution in [0.3, 0.4) is 0 Å². The molecule has 0 spiro atoms. The summed E-state index contributed by atoms with van der Waals surface area (Å²) in [5, 5.41) is 15.8. The van der Waals surface area contributed by atoms with Crippen molar-refractivity contribution in [2.45, 2.75) is 45.7 Å². The van der Waals surface area contributed by atoms with Gasteiger partial charge in [-0.2, -0.15) is 5.10 Å². The molecule has 164 valence electrons. The molecule has 0 saturated carbocycles. The highest BCUT2D eigenvalue weighted by molar-refractivity contribution is 5.93. The molecule has 0 saturated heterocycles. The van der Waals surface area contributed by atoms with E-state index in [0.29, 0.717) is 48.9 Å². The normalized spacial score (nSPS) is 10.9. The van der Waals surface area contributed by atoms with Crippen LogP contribution in [0.15, 0.2) is 53.1 Å². The van der Waals surface area contributed by atoms with Crippen molar-refractivity contribution in [3.05, 3.63) is 60.0 Å². The lowest BCUT2D eigenvalue weighted by atomic mass is 10.1. The summed E-state index contributed by atoms with van der Waals surface area (Å²) in [5.74, 6) is 0.305. The van der Waals surface area contributed by atoms with Crippen molar-refractivity contribution in [1.82, 2.24) is 15.1 Å². The Morgan fingerprint density at radius 1 is 1.19 bits per heavy atom. The molecular formula is C23H27N3O5. The molecule has 0 unspecified atom stereocenters. The smallest absolute Gasteiger partial charge is 0.303 e. The molecule has 0 fully saturated rings. The molecule has 8 heteroatoms. The van der Waals surface area contributed by atoms with Gasteiger partial charge in [0, 0.05) is 30.6 Å². The van der Waals surface area contributed by atoms with Gasteiger partial charge in [0.15, 0.2) is 11.5 Å². The van der Waals surface area contributed by atoms with Crippen LogP contribution >= 0.6 is 0 Å². The predicted octanol–water partition coefficient (Wildman–Crippen LogP) is 4.35. The van der Waals surface area contributed by atoms with Gasteiger partial charge in [-0.1, -0.05) is 18.2 Å². The van der Waals surface area contributed by atoms with Crippen LogP contribution in [0.25, 0.3) is 11.5 Å². The number of carboxylic acids is 1. The monoisotopic (exact) mass is 425 g/mol. The Bertz CT molecular complexity index is 994. The van der Waals surface area contributed by atoms with E-state index >= 15 is 0 Å². The van der Waals surface area contributed by atoms with Gasteiger partial charge in [-0.3, -0.25) is 14.7 Å². The molecular weight excluding hydrogens is 398 g/mol. The number of H-pyrrole nitrogens is 1. The molecule has 1 aromatic carbocycles. The molecule has 0 atom stereocenters. The molecule has 0 bridgehead atoms. The van der Waals surface area contributed by atoms with Crippen LogP contribution in [-0.4, -0.2) is 44.7 Å².